The number of benzene rings is 2. The first-order valence-corrected chi connectivity index (χ1v) is 9.93. The van der Waals surface area contributed by atoms with Crippen molar-refractivity contribution in [1.29, 1.82) is 0 Å². The van der Waals surface area contributed by atoms with Crippen molar-refractivity contribution in [3.8, 4) is 0 Å². The summed E-state index contributed by atoms with van der Waals surface area (Å²) in [4.78, 5) is 24.1. The monoisotopic (exact) mass is 432 g/mol. The minimum absolute atomic E-state index is 0.129. The predicted molar refractivity (Wildman–Crippen MR) is 101 cm³/mol. The number of amides is 1. The molecule has 0 fully saturated rings. The summed E-state index contributed by atoms with van der Waals surface area (Å²) in [6.07, 6.45) is 0. The largest absolute Gasteiger partial charge is 0.478 e. The van der Waals surface area contributed by atoms with E-state index in [1.165, 1.54) is 23.1 Å². The quantitative estimate of drug-likeness (QED) is 0.697. The van der Waals surface area contributed by atoms with E-state index in [0.29, 0.717) is 17.0 Å². The zero-order chi connectivity index (χ0) is 20.4. The highest BCUT2D eigenvalue weighted by molar-refractivity contribution is 8.13. The number of nitrogens with zero attached hydrogens (tertiary/aromatic N) is 1. The van der Waals surface area contributed by atoms with E-state index in [1.807, 2.05) is 0 Å². The van der Waals surface area contributed by atoms with Crippen LogP contribution in [0, 0.1) is 5.82 Å². The second-order valence-electron chi connectivity index (χ2n) is 5.46. The third-order valence-electron chi connectivity index (χ3n) is 3.20. The van der Waals surface area contributed by atoms with Gasteiger partial charge in [-0.25, -0.2) is 17.6 Å². The van der Waals surface area contributed by atoms with E-state index in [2.05, 4.69) is 4.72 Å². The van der Waals surface area contributed by atoms with Gasteiger partial charge in [0.1, 0.15) is 10.7 Å². The van der Waals surface area contributed by atoms with Crippen LogP contribution in [0.3, 0.4) is 0 Å². The van der Waals surface area contributed by atoms with Crippen molar-refractivity contribution in [3.05, 3.63) is 52.8 Å². The van der Waals surface area contributed by atoms with Crippen LogP contribution in [-0.2, 0) is 10.0 Å². The van der Waals surface area contributed by atoms with Gasteiger partial charge in [-0.15, -0.1) is 0 Å². The average molecular weight is 433 g/mol. The number of halogens is 2. The van der Waals surface area contributed by atoms with E-state index in [0.717, 1.165) is 11.8 Å². The molecule has 144 valence electrons. The predicted octanol–water partition coefficient (Wildman–Crippen LogP) is 3.75. The first-order valence-electron chi connectivity index (χ1n) is 7.25. The molecule has 0 atom stereocenters. The summed E-state index contributed by atoms with van der Waals surface area (Å²) in [5.74, 6) is -2.77. The van der Waals surface area contributed by atoms with Crippen LogP contribution in [-0.4, -0.2) is 43.7 Å². The van der Waals surface area contributed by atoms with Crippen molar-refractivity contribution in [1.82, 2.24) is 4.90 Å². The number of carboxylic acid groups (broad SMARTS) is 1. The van der Waals surface area contributed by atoms with Crippen molar-refractivity contribution in [3.63, 3.8) is 0 Å². The first kappa shape index (κ1) is 21.0. The SMILES string of the molecule is CN(C)C(=O)Sc1cccc(NS(=O)(=O)c2cc(C(=O)O)c(F)cc2Cl)c1. The minimum atomic E-state index is -4.29. The summed E-state index contributed by atoms with van der Waals surface area (Å²) in [6, 6.07) is 7.31. The number of sulfonamides is 1. The van der Waals surface area contributed by atoms with Gasteiger partial charge in [-0.1, -0.05) is 17.7 Å². The van der Waals surface area contributed by atoms with Crippen LogP contribution < -0.4 is 4.72 Å². The molecule has 0 aliphatic rings. The molecule has 2 aromatic carbocycles. The van der Waals surface area contributed by atoms with Crippen LogP contribution in [0.4, 0.5) is 14.9 Å². The summed E-state index contributed by atoms with van der Waals surface area (Å²) in [5.41, 5.74) is -0.690. The second-order valence-corrected chi connectivity index (χ2v) is 8.55. The molecule has 1 amide bonds. The molecule has 0 spiro atoms. The maximum atomic E-state index is 13.6. The molecule has 0 radical (unpaired) electrons. The second kappa shape index (κ2) is 8.15. The zero-order valence-corrected chi connectivity index (χ0v) is 16.5. The lowest BCUT2D eigenvalue weighted by molar-refractivity contribution is 0.0691. The molecular weight excluding hydrogens is 419 g/mol. The number of rotatable bonds is 5. The number of aromatic carboxylic acids is 1. The summed E-state index contributed by atoms with van der Waals surface area (Å²) in [5, 5.41) is 8.26. The average Bonchev–Trinajstić information content (AvgIpc) is 2.53. The van der Waals surface area contributed by atoms with Gasteiger partial charge < -0.3 is 10.0 Å². The number of carbonyl (C=O) groups excluding carboxylic acids is 1. The lowest BCUT2D eigenvalue weighted by Crippen LogP contribution is -2.16. The van der Waals surface area contributed by atoms with E-state index in [1.54, 1.807) is 20.2 Å². The molecule has 0 unspecified atom stereocenters. The van der Waals surface area contributed by atoms with Crippen LogP contribution in [0.5, 0.6) is 0 Å². The molecule has 27 heavy (non-hydrogen) atoms. The number of hydrogen-bond acceptors (Lipinski definition) is 5. The van der Waals surface area contributed by atoms with Crippen LogP contribution in [0.25, 0.3) is 0 Å². The van der Waals surface area contributed by atoms with E-state index >= 15 is 0 Å². The molecule has 11 heteroatoms. The molecule has 0 aromatic heterocycles. The standard InChI is InChI=1S/C16H14ClFN2O5S2/c1-20(2)16(23)26-10-5-3-4-9(6-10)19-27(24,25)14-7-11(15(21)22)13(18)8-12(14)17/h3-8,19H,1-2H3,(H,21,22). The Balaban J connectivity index is 2.36. The summed E-state index contributed by atoms with van der Waals surface area (Å²) < 4.78 is 41.0. The van der Waals surface area contributed by atoms with E-state index in [4.69, 9.17) is 16.7 Å². The molecule has 2 rings (SSSR count). The topological polar surface area (TPSA) is 104 Å². The highest BCUT2D eigenvalue weighted by Crippen LogP contribution is 2.29. The van der Waals surface area contributed by atoms with Gasteiger partial charge in [-0.3, -0.25) is 9.52 Å². The van der Waals surface area contributed by atoms with Gasteiger partial charge in [0.15, 0.2) is 0 Å². The molecule has 0 heterocycles. The lowest BCUT2D eigenvalue weighted by atomic mass is 10.2. The number of carboxylic acids is 1. The maximum Gasteiger partial charge on any atom is 0.338 e. The van der Waals surface area contributed by atoms with Gasteiger partial charge in [0.05, 0.1) is 10.6 Å². The van der Waals surface area contributed by atoms with Gasteiger partial charge in [-0.2, -0.15) is 0 Å². The van der Waals surface area contributed by atoms with Crippen molar-refractivity contribution in [2.24, 2.45) is 0 Å². The molecule has 2 N–H and O–H groups in total. The minimum Gasteiger partial charge on any atom is -0.478 e. The Morgan fingerprint density at radius 1 is 1.22 bits per heavy atom. The Morgan fingerprint density at radius 2 is 1.89 bits per heavy atom. The third-order valence-corrected chi connectivity index (χ3v) is 6.07. The molecule has 0 aliphatic heterocycles. The van der Waals surface area contributed by atoms with Crippen LogP contribution in [0.1, 0.15) is 10.4 Å². The lowest BCUT2D eigenvalue weighted by Gasteiger charge is -2.12. The van der Waals surface area contributed by atoms with Crippen LogP contribution in [0.15, 0.2) is 46.2 Å². The Kier molecular flexibility index (Phi) is 6.34. The summed E-state index contributed by atoms with van der Waals surface area (Å²) >= 11 is 6.68. The Morgan fingerprint density at radius 3 is 2.48 bits per heavy atom. The number of anilines is 1. The fourth-order valence-corrected chi connectivity index (χ4v) is 4.23. The highest BCUT2D eigenvalue weighted by atomic mass is 35.5. The zero-order valence-electron chi connectivity index (χ0n) is 14.1. The Labute approximate surface area is 164 Å². The van der Waals surface area contributed by atoms with Crippen molar-refractivity contribution < 1.29 is 27.5 Å². The summed E-state index contributed by atoms with van der Waals surface area (Å²) in [7, 11) is -1.13. The number of carbonyl (C=O) groups is 2. The molecular formula is C16H14ClFN2O5S2. The number of thioether (sulfide) groups is 1. The normalized spacial score (nSPS) is 11.1. The van der Waals surface area contributed by atoms with Crippen molar-refractivity contribution in [2.75, 3.05) is 18.8 Å². The van der Waals surface area contributed by atoms with Crippen LogP contribution >= 0.6 is 23.4 Å². The van der Waals surface area contributed by atoms with E-state index in [9.17, 15) is 22.4 Å². The van der Waals surface area contributed by atoms with Gasteiger partial charge in [0.2, 0.25) is 0 Å². The van der Waals surface area contributed by atoms with Crippen molar-refractivity contribution >= 4 is 50.3 Å². The Hall–Kier alpha value is -2.30. The highest BCUT2D eigenvalue weighted by Gasteiger charge is 2.23. The van der Waals surface area contributed by atoms with E-state index in [-0.39, 0.29) is 10.9 Å². The fourth-order valence-electron chi connectivity index (χ4n) is 1.92. The van der Waals surface area contributed by atoms with Gasteiger partial charge in [0.25, 0.3) is 15.3 Å². The van der Waals surface area contributed by atoms with E-state index < -0.39 is 37.3 Å². The first-order chi connectivity index (χ1) is 12.5. The smallest absolute Gasteiger partial charge is 0.338 e. The summed E-state index contributed by atoms with van der Waals surface area (Å²) in [6.45, 7) is 0. The number of nitrogens with one attached hydrogen (secondary N) is 1. The van der Waals surface area contributed by atoms with Crippen molar-refractivity contribution in [2.45, 2.75) is 9.79 Å². The maximum absolute atomic E-state index is 13.6. The van der Waals surface area contributed by atoms with Crippen LogP contribution in [0.2, 0.25) is 5.02 Å². The Bertz CT molecular complexity index is 1010. The molecule has 7 nitrogen and oxygen atoms in total. The van der Waals surface area contributed by atoms with Gasteiger partial charge in [-0.05, 0) is 42.1 Å². The molecule has 2 aromatic rings. The number of hydrogen-bond donors (Lipinski definition) is 2. The third kappa shape index (κ3) is 5.12. The molecule has 0 saturated heterocycles. The van der Waals surface area contributed by atoms with Gasteiger partial charge in [0, 0.05) is 24.7 Å². The van der Waals surface area contributed by atoms with Gasteiger partial charge >= 0.3 is 5.97 Å². The molecule has 0 bridgehead atoms. The molecule has 0 saturated carbocycles. The fraction of sp³-hybridized carbons (Fsp3) is 0.125. The molecule has 0 aliphatic carbocycles.